The van der Waals surface area contributed by atoms with Gasteiger partial charge in [0.1, 0.15) is 4.99 Å². The van der Waals surface area contributed by atoms with Gasteiger partial charge in [0.05, 0.1) is 0 Å². The van der Waals surface area contributed by atoms with Gasteiger partial charge in [0.25, 0.3) is 0 Å². The van der Waals surface area contributed by atoms with Crippen LogP contribution in [0.4, 0.5) is 5.69 Å². The fraction of sp³-hybridized carbons (Fsp3) is 0.533. The van der Waals surface area contributed by atoms with Crippen LogP contribution in [0.5, 0.6) is 0 Å². The molecule has 0 aromatic heterocycles. The molecule has 2 nitrogen and oxygen atoms in total. The third kappa shape index (κ3) is 1.50. The van der Waals surface area contributed by atoms with Crippen molar-refractivity contribution < 1.29 is 0 Å². The maximum Gasteiger partial charge on any atom is 0.103 e. The number of fused-ring (bicyclic) bond motifs is 5. The van der Waals surface area contributed by atoms with Crippen LogP contribution >= 0.6 is 12.2 Å². The van der Waals surface area contributed by atoms with E-state index in [-0.39, 0.29) is 0 Å². The second kappa shape index (κ2) is 3.70. The van der Waals surface area contributed by atoms with Crippen molar-refractivity contribution in [2.45, 2.75) is 25.3 Å². The van der Waals surface area contributed by atoms with Gasteiger partial charge < -0.3 is 11.1 Å². The zero-order chi connectivity index (χ0) is 12.3. The molecule has 0 aliphatic heterocycles. The van der Waals surface area contributed by atoms with Crippen molar-refractivity contribution in [2.24, 2.45) is 29.4 Å². The molecule has 18 heavy (non-hydrogen) atoms. The lowest BCUT2D eigenvalue weighted by Gasteiger charge is -2.12. The lowest BCUT2D eigenvalue weighted by Crippen LogP contribution is -2.13. The summed E-state index contributed by atoms with van der Waals surface area (Å²) in [5.41, 5.74) is 7.77. The Bertz CT molecular complexity index is 480. The van der Waals surface area contributed by atoms with Crippen LogP contribution in [0.25, 0.3) is 0 Å². The third-order valence-electron chi connectivity index (χ3n) is 5.24. The Morgan fingerprint density at radius 3 is 2.28 bits per heavy atom. The molecule has 3 aliphatic rings. The van der Waals surface area contributed by atoms with Crippen molar-refractivity contribution in [2.75, 3.05) is 5.32 Å². The summed E-state index contributed by atoms with van der Waals surface area (Å²) in [5.74, 6) is 3.99. The van der Waals surface area contributed by atoms with Crippen molar-refractivity contribution in [3.8, 4) is 0 Å². The molecule has 4 unspecified atom stereocenters. The van der Waals surface area contributed by atoms with E-state index >= 15 is 0 Å². The molecule has 94 valence electrons. The fourth-order valence-corrected chi connectivity index (χ4v) is 4.58. The van der Waals surface area contributed by atoms with Crippen LogP contribution in [0.3, 0.4) is 0 Å². The molecule has 3 heteroatoms. The van der Waals surface area contributed by atoms with Gasteiger partial charge in [-0.15, -0.1) is 0 Å². The largest absolute Gasteiger partial charge is 0.389 e. The predicted molar refractivity (Wildman–Crippen MR) is 77.6 cm³/mol. The average Bonchev–Trinajstić information content (AvgIpc) is 2.78. The van der Waals surface area contributed by atoms with E-state index in [0.717, 1.165) is 35.3 Å². The van der Waals surface area contributed by atoms with Gasteiger partial charge in [-0.3, -0.25) is 0 Å². The van der Waals surface area contributed by atoms with Gasteiger partial charge in [-0.25, -0.2) is 0 Å². The number of nitrogens with one attached hydrogen (secondary N) is 1. The van der Waals surface area contributed by atoms with E-state index in [1.54, 1.807) is 0 Å². The Kier molecular flexibility index (Phi) is 2.22. The Labute approximate surface area is 113 Å². The highest BCUT2D eigenvalue weighted by atomic mass is 32.1. The van der Waals surface area contributed by atoms with Gasteiger partial charge in [0.2, 0.25) is 0 Å². The molecule has 1 aromatic carbocycles. The summed E-state index contributed by atoms with van der Waals surface area (Å²) in [4.78, 5) is 0.475. The molecule has 4 rings (SSSR count). The Morgan fingerprint density at radius 1 is 1.11 bits per heavy atom. The van der Waals surface area contributed by atoms with Crippen molar-refractivity contribution >= 4 is 22.9 Å². The molecule has 0 radical (unpaired) electrons. The first-order valence-corrected chi connectivity index (χ1v) is 7.31. The minimum Gasteiger partial charge on any atom is -0.389 e. The number of hydrogen-bond donors (Lipinski definition) is 2. The number of nitrogens with two attached hydrogens (primary N) is 1. The van der Waals surface area contributed by atoms with Gasteiger partial charge in [0, 0.05) is 17.3 Å². The van der Waals surface area contributed by atoms with Crippen LogP contribution in [0, 0.1) is 23.7 Å². The summed E-state index contributed by atoms with van der Waals surface area (Å²) in [7, 11) is 0. The molecular formula is C15H18N2S. The standard InChI is InChI=1S/C15H18N2S/c16-15(18)8-3-5-11(6-4-8)17-14-12-9-1-2-10(7-9)13(12)14/h3-6,9-10,12-14,17H,1-2,7H2,(H2,16,18). The fourth-order valence-electron chi connectivity index (χ4n) is 4.44. The first-order chi connectivity index (χ1) is 8.74. The second-order valence-corrected chi connectivity index (χ2v) is 6.54. The third-order valence-corrected chi connectivity index (χ3v) is 5.47. The van der Waals surface area contributed by atoms with E-state index in [1.165, 1.54) is 24.9 Å². The van der Waals surface area contributed by atoms with E-state index in [4.69, 9.17) is 18.0 Å². The van der Waals surface area contributed by atoms with Gasteiger partial charge in [-0.2, -0.15) is 0 Å². The highest BCUT2D eigenvalue weighted by molar-refractivity contribution is 7.80. The Hall–Kier alpha value is -1.09. The predicted octanol–water partition coefficient (Wildman–Crippen LogP) is 2.78. The summed E-state index contributed by atoms with van der Waals surface area (Å²) in [6.07, 6.45) is 4.46. The van der Waals surface area contributed by atoms with Gasteiger partial charge in [-0.1, -0.05) is 12.2 Å². The zero-order valence-electron chi connectivity index (χ0n) is 10.3. The Morgan fingerprint density at radius 2 is 1.72 bits per heavy atom. The summed E-state index contributed by atoms with van der Waals surface area (Å²) in [5, 5.41) is 3.70. The highest BCUT2D eigenvalue weighted by Gasteiger charge is 2.64. The number of anilines is 1. The van der Waals surface area contributed by atoms with E-state index in [1.807, 2.05) is 12.1 Å². The molecular weight excluding hydrogens is 240 g/mol. The SMILES string of the molecule is NC(=S)c1ccc(NC2C3C4CCC(C4)C23)cc1. The summed E-state index contributed by atoms with van der Waals surface area (Å²) in [6.45, 7) is 0. The van der Waals surface area contributed by atoms with Crippen LogP contribution in [-0.4, -0.2) is 11.0 Å². The molecule has 3 aliphatic carbocycles. The smallest absolute Gasteiger partial charge is 0.103 e. The topological polar surface area (TPSA) is 38.0 Å². The zero-order valence-corrected chi connectivity index (χ0v) is 11.1. The summed E-state index contributed by atoms with van der Waals surface area (Å²) in [6, 6.07) is 8.97. The van der Waals surface area contributed by atoms with Crippen LogP contribution < -0.4 is 11.1 Å². The second-order valence-electron chi connectivity index (χ2n) is 6.10. The highest BCUT2D eigenvalue weighted by Crippen LogP contribution is 2.66. The first-order valence-electron chi connectivity index (χ1n) is 6.90. The number of rotatable bonds is 3. The molecule has 0 saturated heterocycles. The molecule has 3 saturated carbocycles. The maximum atomic E-state index is 5.61. The molecule has 0 spiro atoms. The monoisotopic (exact) mass is 258 g/mol. The van der Waals surface area contributed by atoms with Crippen molar-refractivity contribution in [3.05, 3.63) is 29.8 Å². The quantitative estimate of drug-likeness (QED) is 0.819. The minimum atomic E-state index is 0.475. The normalized spacial score (nSPS) is 39.4. The van der Waals surface area contributed by atoms with E-state index in [2.05, 4.69) is 17.4 Å². The number of thiocarbonyl (C=S) groups is 1. The van der Waals surface area contributed by atoms with Crippen molar-refractivity contribution in [3.63, 3.8) is 0 Å². The average molecular weight is 258 g/mol. The van der Waals surface area contributed by atoms with Crippen LogP contribution in [0.1, 0.15) is 24.8 Å². The van der Waals surface area contributed by atoms with Crippen molar-refractivity contribution in [1.29, 1.82) is 0 Å². The van der Waals surface area contributed by atoms with E-state index < -0.39 is 0 Å². The molecule has 4 atom stereocenters. The molecule has 0 amide bonds. The van der Waals surface area contributed by atoms with Gasteiger partial charge >= 0.3 is 0 Å². The molecule has 3 fully saturated rings. The Balaban J connectivity index is 1.46. The van der Waals surface area contributed by atoms with Crippen LogP contribution in [-0.2, 0) is 0 Å². The lowest BCUT2D eigenvalue weighted by molar-refractivity contribution is 0.456. The summed E-state index contributed by atoms with van der Waals surface area (Å²) < 4.78 is 0. The number of hydrogen-bond acceptors (Lipinski definition) is 2. The maximum absolute atomic E-state index is 5.61. The van der Waals surface area contributed by atoms with E-state index in [9.17, 15) is 0 Å². The molecule has 3 N–H and O–H groups in total. The lowest BCUT2D eigenvalue weighted by atomic mass is 10.0. The molecule has 0 heterocycles. The molecule has 1 aromatic rings. The minimum absolute atomic E-state index is 0.475. The van der Waals surface area contributed by atoms with Crippen LogP contribution in [0.15, 0.2) is 24.3 Å². The van der Waals surface area contributed by atoms with Gasteiger partial charge in [0.15, 0.2) is 0 Å². The van der Waals surface area contributed by atoms with Crippen molar-refractivity contribution in [1.82, 2.24) is 0 Å². The van der Waals surface area contributed by atoms with Gasteiger partial charge in [-0.05, 0) is 67.2 Å². The molecule has 2 bridgehead atoms. The van der Waals surface area contributed by atoms with E-state index in [0.29, 0.717) is 4.99 Å². The first kappa shape index (κ1) is 10.8. The number of benzene rings is 1. The van der Waals surface area contributed by atoms with Crippen LogP contribution in [0.2, 0.25) is 0 Å². The summed E-state index contributed by atoms with van der Waals surface area (Å²) >= 11 is 4.97.